The van der Waals surface area contributed by atoms with Crippen molar-refractivity contribution < 1.29 is 4.79 Å². The summed E-state index contributed by atoms with van der Waals surface area (Å²) in [5, 5.41) is 2.81. The van der Waals surface area contributed by atoms with Crippen molar-refractivity contribution in [3.63, 3.8) is 0 Å². The lowest BCUT2D eigenvalue weighted by atomic mass is 10.1. The maximum absolute atomic E-state index is 11.2. The molecule has 1 unspecified atom stereocenters. The number of carbonyl (C=O) groups excluding carboxylic acids is 1. The molecule has 0 fully saturated rings. The maximum atomic E-state index is 11.2. The number of carbonyl (C=O) groups is 1. The quantitative estimate of drug-likeness (QED) is 0.839. The van der Waals surface area contributed by atoms with Gasteiger partial charge in [0.25, 0.3) is 0 Å². The van der Waals surface area contributed by atoms with Crippen molar-refractivity contribution in [1.82, 2.24) is 10.3 Å². The van der Waals surface area contributed by atoms with Gasteiger partial charge in [-0.1, -0.05) is 15.9 Å². The molecule has 14 heavy (non-hydrogen) atoms. The van der Waals surface area contributed by atoms with E-state index in [2.05, 4.69) is 26.2 Å². The Bertz CT molecular complexity index is 326. The van der Waals surface area contributed by atoms with Gasteiger partial charge in [-0.25, -0.2) is 0 Å². The van der Waals surface area contributed by atoms with E-state index in [4.69, 9.17) is 0 Å². The molecule has 0 aromatic carbocycles. The topological polar surface area (TPSA) is 42.0 Å². The van der Waals surface area contributed by atoms with Crippen LogP contribution in [-0.2, 0) is 11.3 Å². The van der Waals surface area contributed by atoms with Crippen LogP contribution in [0.4, 0.5) is 0 Å². The van der Waals surface area contributed by atoms with Crippen molar-refractivity contribution in [3.8, 4) is 0 Å². The van der Waals surface area contributed by atoms with Crippen LogP contribution >= 0.6 is 15.9 Å². The molecule has 3 nitrogen and oxygen atoms in total. The molecule has 1 aromatic rings. The zero-order valence-corrected chi connectivity index (χ0v) is 9.84. The van der Waals surface area contributed by atoms with E-state index in [0.29, 0.717) is 6.54 Å². The highest BCUT2D eigenvalue weighted by atomic mass is 79.9. The molecule has 0 saturated carbocycles. The van der Waals surface area contributed by atoms with Crippen LogP contribution in [0.3, 0.4) is 0 Å². The SMILES string of the molecule is Cc1ccncc1CNC(=O)C(C)Br. The smallest absolute Gasteiger partial charge is 0.233 e. The molecule has 4 heteroatoms. The third-order valence-electron chi connectivity index (χ3n) is 1.96. The van der Waals surface area contributed by atoms with Gasteiger partial charge >= 0.3 is 0 Å². The van der Waals surface area contributed by atoms with Gasteiger partial charge in [-0.2, -0.15) is 0 Å². The lowest BCUT2D eigenvalue weighted by Crippen LogP contribution is -2.29. The number of aromatic nitrogens is 1. The fourth-order valence-electron chi connectivity index (χ4n) is 1.00. The molecule has 1 heterocycles. The summed E-state index contributed by atoms with van der Waals surface area (Å²) < 4.78 is 0. The Morgan fingerprint density at radius 3 is 3.00 bits per heavy atom. The lowest BCUT2D eigenvalue weighted by Gasteiger charge is -2.08. The molecule has 1 atom stereocenters. The number of alkyl halides is 1. The molecular weight excluding hydrogens is 244 g/mol. The summed E-state index contributed by atoms with van der Waals surface area (Å²) in [5.41, 5.74) is 2.19. The van der Waals surface area contributed by atoms with Gasteiger partial charge in [0.2, 0.25) is 5.91 Å². The monoisotopic (exact) mass is 256 g/mol. The Labute approximate surface area is 92.1 Å². The molecule has 0 aliphatic heterocycles. The summed E-state index contributed by atoms with van der Waals surface area (Å²) in [6.45, 7) is 4.33. The molecule has 0 saturated heterocycles. The van der Waals surface area contributed by atoms with Crippen LogP contribution in [0.1, 0.15) is 18.1 Å². The molecule has 1 rings (SSSR count). The van der Waals surface area contributed by atoms with Crippen molar-refractivity contribution in [3.05, 3.63) is 29.6 Å². The highest BCUT2D eigenvalue weighted by molar-refractivity contribution is 9.10. The molecule has 0 spiro atoms. The van der Waals surface area contributed by atoms with E-state index in [1.807, 2.05) is 13.0 Å². The number of halogens is 1. The molecule has 0 aliphatic rings. The second-order valence-corrected chi connectivity index (χ2v) is 4.51. The first-order chi connectivity index (χ1) is 6.61. The van der Waals surface area contributed by atoms with E-state index in [1.54, 1.807) is 19.3 Å². The Hall–Kier alpha value is -0.900. The van der Waals surface area contributed by atoms with Gasteiger partial charge in [0.15, 0.2) is 0 Å². The number of nitrogens with zero attached hydrogens (tertiary/aromatic N) is 1. The van der Waals surface area contributed by atoms with Crippen molar-refractivity contribution >= 4 is 21.8 Å². The van der Waals surface area contributed by atoms with E-state index in [0.717, 1.165) is 11.1 Å². The van der Waals surface area contributed by atoms with Crippen molar-refractivity contribution in [2.24, 2.45) is 0 Å². The summed E-state index contributed by atoms with van der Waals surface area (Å²) in [5.74, 6) is -0.00625. The Kier molecular flexibility index (Phi) is 4.07. The number of aryl methyl sites for hydroxylation is 1. The molecular formula is C10H13BrN2O. The van der Waals surface area contributed by atoms with E-state index in [9.17, 15) is 4.79 Å². The van der Waals surface area contributed by atoms with Crippen LogP contribution in [0.2, 0.25) is 0 Å². The zero-order chi connectivity index (χ0) is 10.6. The van der Waals surface area contributed by atoms with E-state index >= 15 is 0 Å². The van der Waals surface area contributed by atoms with Crippen molar-refractivity contribution in [2.45, 2.75) is 25.2 Å². The molecule has 1 N–H and O–H groups in total. The van der Waals surface area contributed by atoms with Crippen LogP contribution in [0.25, 0.3) is 0 Å². The van der Waals surface area contributed by atoms with Gasteiger partial charge in [0.1, 0.15) is 0 Å². The Morgan fingerprint density at radius 2 is 2.43 bits per heavy atom. The minimum absolute atomic E-state index is 0.00625. The molecule has 0 aliphatic carbocycles. The number of hydrogen-bond acceptors (Lipinski definition) is 2. The highest BCUT2D eigenvalue weighted by Gasteiger charge is 2.07. The second-order valence-electron chi connectivity index (χ2n) is 3.14. The number of rotatable bonds is 3. The van der Waals surface area contributed by atoms with Crippen molar-refractivity contribution in [1.29, 1.82) is 0 Å². The molecule has 0 radical (unpaired) electrons. The normalized spacial score (nSPS) is 12.2. The first-order valence-corrected chi connectivity index (χ1v) is 5.34. The number of nitrogens with one attached hydrogen (secondary N) is 1. The average molecular weight is 257 g/mol. The van der Waals surface area contributed by atoms with E-state index in [-0.39, 0.29) is 10.7 Å². The summed E-state index contributed by atoms with van der Waals surface area (Å²) in [6, 6.07) is 1.93. The van der Waals surface area contributed by atoms with Gasteiger partial charge in [0.05, 0.1) is 4.83 Å². The molecule has 76 valence electrons. The summed E-state index contributed by atoms with van der Waals surface area (Å²) in [7, 11) is 0. The first kappa shape index (κ1) is 11.2. The van der Waals surface area contributed by atoms with Crippen LogP contribution < -0.4 is 5.32 Å². The largest absolute Gasteiger partial charge is 0.351 e. The minimum atomic E-state index is -0.153. The van der Waals surface area contributed by atoms with Crippen LogP contribution in [0.5, 0.6) is 0 Å². The zero-order valence-electron chi connectivity index (χ0n) is 8.25. The van der Waals surface area contributed by atoms with Gasteiger partial charge in [0, 0.05) is 18.9 Å². The van der Waals surface area contributed by atoms with Gasteiger partial charge < -0.3 is 5.32 Å². The second kappa shape index (κ2) is 5.10. The van der Waals surface area contributed by atoms with Gasteiger partial charge in [-0.3, -0.25) is 9.78 Å². The van der Waals surface area contributed by atoms with E-state index < -0.39 is 0 Å². The highest BCUT2D eigenvalue weighted by Crippen LogP contribution is 2.05. The summed E-state index contributed by atoms with van der Waals surface area (Å²) in [4.78, 5) is 15.1. The Balaban J connectivity index is 2.54. The standard InChI is InChI=1S/C10H13BrN2O/c1-7-3-4-12-5-9(7)6-13-10(14)8(2)11/h3-5,8H,6H2,1-2H3,(H,13,14). The average Bonchev–Trinajstić information content (AvgIpc) is 2.16. The van der Waals surface area contributed by atoms with Gasteiger partial charge in [-0.15, -0.1) is 0 Å². The number of amides is 1. The summed E-state index contributed by atoms with van der Waals surface area (Å²) >= 11 is 3.20. The third kappa shape index (κ3) is 3.10. The predicted octanol–water partition coefficient (Wildman–Crippen LogP) is 1.79. The molecule has 1 aromatic heterocycles. The lowest BCUT2D eigenvalue weighted by molar-refractivity contribution is -0.120. The predicted molar refractivity (Wildman–Crippen MR) is 59.2 cm³/mol. The minimum Gasteiger partial charge on any atom is -0.351 e. The van der Waals surface area contributed by atoms with E-state index in [1.165, 1.54) is 0 Å². The summed E-state index contributed by atoms with van der Waals surface area (Å²) in [6.07, 6.45) is 3.52. The van der Waals surface area contributed by atoms with Crippen LogP contribution in [-0.4, -0.2) is 15.7 Å². The molecule has 0 bridgehead atoms. The first-order valence-electron chi connectivity index (χ1n) is 4.42. The van der Waals surface area contributed by atoms with Crippen molar-refractivity contribution in [2.75, 3.05) is 0 Å². The Morgan fingerprint density at radius 1 is 1.71 bits per heavy atom. The fourth-order valence-corrected chi connectivity index (χ4v) is 1.17. The molecule has 1 amide bonds. The van der Waals surface area contributed by atoms with Gasteiger partial charge in [-0.05, 0) is 31.0 Å². The van der Waals surface area contributed by atoms with Crippen LogP contribution in [0, 0.1) is 6.92 Å². The fraction of sp³-hybridized carbons (Fsp3) is 0.400. The number of pyridine rings is 1. The maximum Gasteiger partial charge on any atom is 0.233 e. The number of hydrogen-bond donors (Lipinski definition) is 1. The van der Waals surface area contributed by atoms with Crippen LogP contribution in [0.15, 0.2) is 18.5 Å². The third-order valence-corrected chi connectivity index (χ3v) is 2.38.